The Morgan fingerprint density at radius 2 is 2.29 bits per heavy atom. The van der Waals surface area contributed by atoms with Crippen molar-refractivity contribution in [3.05, 3.63) is 0 Å². The van der Waals surface area contributed by atoms with Crippen molar-refractivity contribution in [3.63, 3.8) is 0 Å². The summed E-state index contributed by atoms with van der Waals surface area (Å²) >= 11 is 0. The van der Waals surface area contributed by atoms with Gasteiger partial charge in [0, 0.05) is 19.6 Å². The van der Waals surface area contributed by atoms with Crippen LogP contribution in [0.3, 0.4) is 0 Å². The zero-order chi connectivity index (χ0) is 10.2. The molecule has 0 aromatic rings. The van der Waals surface area contributed by atoms with E-state index < -0.39 is 0 Å². The molecule has 14 heavy (non-hydrogen) atoms. The van der Waals surface area contributed by atoms with Gasteiger partial charge in [-0.3, -0.25) is 0 Å². The van der Waals surface area contributed by atoms with E-state index in [1.807, 2.05) is 0 Å². The van der Waals surface area contributed by atoms with E-state index in [0.717, 1.165) is 19.4 Å². The van der Waals surface area contributed by atoms with Gasteiger partial charge in [-0.1, -0.05) is 6.42 Å². The molecule has 4 atom stereocenters. The van der Waals surface area contributed by atoms with Crippen molar-refractivity contribution in [1.29, 1.82) is 0 Å². The highest BCUT2D eigenvalue weighted by Gasteiger charge is 2.54. The Balaban J connectivity index is 2.17. The van der Waals surface area contributed by atoms with Crippen molar-refractivity contribution >= 4 is 7.85 Å². The molecule has 3 nitrogen and oxygen atoms in total. The quantitative estimate of drug-likeness (QED) is 0.624. The van der Waals surface area contributed by atoms with Crippen LogP contribution in [0.25, 0.3) is 0 Å². The molecular weight excluding hydrogens is 179 g/mol. The Morgan fingerprint density at radius 3 is 2.93 bits per heavy atom. The summed E-state index contributed by atoms with van der Waals surface area (Å²) < 4.78 is 16.5. The predicted octanol–water partition coefficient (Wildman–Crippen LogP) is 0.784. The molecule has 1 aliphatic heterocycles. The fourth-order valence-electron chi connectivity index (χ4n) is 2.83. The Bertz CT molecular complexity index is 212. The van der Waals surface area contributed by atoms with Crippen LogP contribution in [0.15, 0.2) is 0 Å². The van der Waals surface area contributed by atoms with Crippen molar-refractivity contribution in [2.45, 2.75) is 30.9 Å². The van der Waals surface area contributed by atoms with Crippen LogP contribution in [0.2, 0.25) is 5.82 Å². The number of fused-ring (bicyclic) bond motifs is 2. The van der Waals surface area contributed by atoms with Crippen LogP contribution in [0.4, 0.5) is 0 Å². The Morgan fingerprint density at radius 1 is 1.50 bits per heavy atom. The molecule has 1 saturated heterocycles. The van der Waals surface area contributed by atoms with Crippen LogP contribution in [-0.2, 0) is 14.2 Å². The first-order valence-electron chi connectivity index (χ1n) is 5.12. The summed E-state index contributed by atoms with van der Waals surface area (Å²) in [7, 11) is 9.45. The van der Waals surface area contributed by atoms with E-state index in [2.05, 4.69) is 0 Å². The second-order valence-electron chi connectivity index (χ2n) is 4.43. The van der Waals surface area contributed by atoms with Crippen molar-refractivity contribution in [2.75, 3.05) is 27.4 Å². The first kappa shape index (κ1) is 10.5. The van der Waals surface area contributed by atoms with Gasteiger partial charge in [-0.05, 0) is 12.2 Å². The molecule has 2 bridgehead atoms. The summed E-state index contributed by atoms with van der Waals surface area (Å²) in [6.07, 6.45) is 2.21. The first-order valence-corrected chi connectivity index (χ1v) is 5.12. The van der Waals surface area contributed by atoms with Gasteiger partial charge in [-0.2, -0.15) is 0 Å². The summed E-state index contributed by atoms with van der Waals surface area (Å²) in [6, 6.07) is 0. The molecule has 2 unspecified atom stereocenters. The van der Waals surface area contributed by atoms with E-state index in [0.29, 0.717) is 6.61 Å². The zero-order valence-corrected chi connectivity index (χ0v) is 8.86. The van der Waals surface area contributed by atoms with Crippen LogP contribution < -0.4 is 0 Å². The second kappa shape index (κ2) is 3.84. The molecule has 78 valence electrons. The fourth-order valence-corrected chi connectivity index (χ4v) is 2.83. The molecular formula is C10H17BO3. The topological polar surface area (TPSA) is 27.7 Å². The highest BCUT2D eigenvalue weighted by Crippen LogP contribution is 2.49. The van der Waals surface area contributed by atoms with E-state index in [1.165, 1.54) is 0 Å². The van der Waals surface area contributed by atoms with Crippen molar-refractivity contribution < 1.29 is 14.2 Å². The average molecular weight is 196 g/mol. The number of ether oxygens (including phenoxy) is 3. The summed E-state index contributed by atoms with van der Waals surface area (Å²) in [6.45, 7) is 1.42. The van der Waals surface area contributed by atoms with E-state index >= 15 is 0 Å². The highest BCUT2D eigenvalue weighted by atomic mass is 16.6. The standard InChI is InChI=1S/C10H17BO3/c1-12-5-10-4-3-7(11)8(14-6-10)9(10)13-2/h7-9H,3-6H2,1-2H3/t7-,8?,9?,10-/m1/s1. The van der Waals surface area contributed by atoms with Crippen LogP contribution in [0.5, 0.6) is 0 Å². The lowest BCUT2D eigenvalue weighted by Crippen LogP contribution is -2.47. The summed E-state index contributed by atoms with van der Waals surface area (Å²) in [5.41, 5.74) is 0.0457. The summed E-state index contributed by atoms with van der Waals surface area (Å²) in [5.74, 6) is 0.118. The van der Waals surface area contributed by atoms with Crippen molar-refractivity contribution in [3.8, 4) is 0 Å². The largest absolute Gasteiger partial charge is 0.384 e. The minimum Gasteiger partial charge on any atom is -0.384 e. The van der Waals surface area contributed by atoms with Gasteiger partial charge in [-0.15, -0.1) is 0 Å². The van der Waals surface area contributed by atoms with Crippen LogP contribution in [0.1, 0.15) is 12.8 Å². The van der Waals surface area contributed by atoms with Gasteiger partial charge in [0.25, 0.3) is 0 Å². The van der Waals surface area contributed by atoms with E-state index in [1.54, 1.807) is 14.2 Å². The van der Waals surface area contributed by atoms with Gasteiger partial charge in [0.05, 0.1) is 33.3 Å². The Hall–Kier alpha value is -0.0551. The molecule has 4 heteroatoms. The van der Waals surface area contributed by atoms with Gasteiger partial charge in [0.1, 0.15) is 0 Å². The summed E-state index contributed by atoms with van der Waals surface area (Å²) in [4.78, 5) is 0. The molecule has 0 aromatic carbocycles. The second-order valence-corrected chi connectivity index (χ2v) is 4.43. The lowest BCUT2D eigenvalue weighted by molar-refractivity contribution is -0.0608. The molecule has 1 heterocycles. The Kier molecular flexibility index (Phi) is 2.87. The van der Waals surface area contributed by atoms with Gasteiger partial charge >= 0.3 is 0 Å². The highest BCUT2D eigenvalue weighted by molar-refractivity contribution is 6.12. The number of rotatable bonds is 3. The van der Waals surface area contributed by atoms with E-state index in [-0.39, 0.29) is 23.4 Å². The minimum absolute atomic E-state index is 0.0457. The third-order valence-electron chi connectivity index (χ3n) is 3.55. The average Bonchev–Trinajstić information content (AvgIpc) is 2.46. The Labute approximate surface area is 86.5 Å². The molecule has 1 saturated carbocycles. The molecule has 0 amide bonds. The zero-order valence-electron chi connectivity index (χ0n) is 8.86. The predicted molar refractivity (Wildman–Crippen MR) is 53.6 cm³/mol. The SMILES string of the molecule is [B][C@@H]1CC[C@@]2(COC)COC1C2OC. The third-order valence-corrected chi connectivity index (χ3v) is 3.55. The van der Waals surface area contributed by atoms with Gasteiger partial charge in [0.2, 0.25) is 0 Å². The molecule has 0 aromatic heterocycles. The maximum Gasteiger partial charge on any atom is 0.0928 e. The maximum absolute atomic E-state index is 5.99. The van der Waals surface area contributed by atoms with Gasteiger partial charge < -0.3 is 14.2 Å². The lowest BCUT2D eigenvalue weighted by atomic mass is 9.64. The number of hydrogen-bond acceptors (Lipinski definition) is 3. The fraction of sp³-hybridized carbons (Fsp3) is 1.00. The van der Waals surface area contributed by atoms with Crippen LogP contribution >= 0.6 is 0 Å². The minimum atomic E-state index is 0.0457. The molecule has 1 aliphatic carbocycles. The van der Waals surface area contributed by atoms with E-state index in [4.69, 9.17) is 22.1 Å². The maximum atomic E-state index is 5.99. The first-order chi connectivity index (χ1) is 6.73. The van der Waals surface area contributed by atoms with Crippen LogP contribution in [0, 0.1) is 5.41 Å². The molecule has 2 radical (unpaired) electrons. The molecule has 0 spiro atoms. The number of methoxy groups -OCH3 is 2. The summed E-state index contributed by atoms with van der Waals surface area (Å²) in [5, 5.41) is 0. The smallest absolute Gasteiger partial charge is 0.0928 e. The third kappa shape index (κ3) is 1.40. The van der Waals surface area contributed by atoms with Gasteiger partial charge in [0.15, 0.2) is 0 Å². The molecule has 2 fully saturated rings. The molecule has 0 N–H and O–H groups in total. The molecule has 2 rings (SSSR count). The van der Waals surface area contributed by atoms with Crippen molar-refractivity contribution in [1.82, 2.24) is 0 Å². The normalized spacial score (nSPS) is 46.9. The number of hydrogen-bond donors (Lipinski definition) is 0. The van der Waals surface area contributed by atoms with Gasteiger partial charge in [-0.25, -0.2) is 0 Å². The molecule has 2 aliphatic rings. The van der Waals surface area contributed by atoms with Crippen LogP contribution in [-0.4, -0.2) is 47.5 Å². The lowest BCUT2D eigenvalue weighted by Gasteiger charge is -2.40. The van der Waals surface area contributed by atoms with Crippen molar-refractivity contribution in [2.24, 2.45) is 5.41 Å². The van der Waals surface area contributed by atoms with E-state index in [9.17, 15) is 0 Å². The monoisotopic (exact) mass is 196 g/mol.